The van der Waals surface area contributed by atoms with Crippen molar-refractivity contribution in [3.63, 3.8) is 0 Å². The molecule has 0 radical (unpaired) electrons. The predicted molar refractivity (Wildman–Crippen MR) is 75.1 cm³/mol. The van der Waals surface area contributed by atoms with Gasteiger partial charge in [0, 0.05) is 30.9 Å². The maximum Gasteiger partial charge on any atom is 0.319 e. The first-order valence-electron chi connectivity index (χ1n) is 6.79. The second-order valence-electron chi connectivity index (χ2n) is 5.38. The van der Waals surface area contributed by atoms with Crippen LogP contribution in [-0.2, 0) is 6.54 Å². The zero-order valence-corrected chi connectivity index (χ0v) is 11.4. The molecule has 2 N–H and O–H groups in total. The van der Waals surface area contributed by atoms with Crippen molar-refractivity contribution in [1.29, 1.82) is 0 Å². The zero-order chi connectivity index (χ0) is 14.7. The lowest BCUT2D eigenvalue weighted by molar-refractivity contribution is 0.248. The van der Waals surface area contributed by atoms with Gasteiger partial charge in [-0.1, -0.05) is 0 Å². The van der Waals surface area contributed by atoms with E-state index >= 15 is 0 Å². The number of nitrogens with one attached hydrogen (secondary N) is 2. The summed E-state index contributed by atoms with van der Waals surface area (Å²) in [4.78, 5) is 15.3. The monoisotopic (exact) mass is 289 g/mol. The van der Waals surface area contributed by atoms with Crippen LogP contribution in [0.1, 0.15) is 12.8 Å². The van der Waals surface area contributed by atoms with Crippen molar-refractivity contribution in [2.45, 2.75) is 19.4 Å². The van der Waals surface area contributed by atoms with Gasteiger partial charge < -0.3 is 10.6 Å². The van der Waals surface area contributed by atoms with Crippen LogP contribution in [-0.4, -0.2) is 27.3 Å². The fraction of sp³-hybridized carbons (Fsp3) is 0.357. The lowest BCUT2D eigenvalue weighted by atomic mass is 10.1. The second-order valence-corrected chi connectivity index (χ2v) is 5.38. The number of anilines is 1. The Hall–Kier alpha value is -2.44. The molecule has 2 amide bonds. The maximum absolute atomic E-state index is 12.7. The molecule has 0 saturated heterocycles. The summed E-state index contributed by atoms with van der Waals surface area (Å²) in [5.41, 5.74) is 0.565. The largest absolute Gasteiger partial charge is 0.337 e. The van der Waals surface area contributed by atoms with Crippen molar-refractivity contribution < 1.29 is 9.18 Å². The highest BCUT2D eigenvalue weighted by Crippen LogP contribution is 2.46. The highest BCUT2D eigenvalue weighted by atomic mass is 19.1. The fourth-order valence-electron chi connectivity index (χ4n) is 2.20. The predicted octanol–water partition coefficient (Wildman–Crippen LogP) is 2.02. The molecular formula is C14H16FN5O. The number of carbonyl (C=O) groups is 1. The summed E-state index contributed by atoms with van der Waals surface area (Å²) in [7, 11) is 0. The van der Waals surface area contributed by atoms with E-state index in [0.717, 1.165) is 19.4 Å². The fourth-order valence-corrected chi connectivity index (χ4v) is 2.20. The third-order valence-corrected chi connectivity index (χ3v) is 3.62. The smallest absolute Gasteiger partial charge is 0.319 e. The number of hydrogen-bond acceptors (Lipinski definition) is 3. The number of aromatic nitrogens is 3. The van der Waals surface area contributed by atoms with E-state index in [2.05, 4.69) is 20.7 Å². The van der Waals surface area contributed by atoms with Crippen molar-refractivity contribution >= 4 is 11.7 Å². The number of nitrogens with zero attached hydrogens (tertiary/aromatic N) is 3. The van der Waals surface area contributed by atoms with Gasteiger partial charge in [-0.2, -0.15) is 9.49 Å². The minimum absolute atomic E-state index is 0.102. The van der Waals surface area contributed by atoms with Crippen LogP contribution in [0.4, 0.5) is 14.9 Å². The van der Waals surface area contributed by atoms with Crippen molar-refractivity contribution in [3.8, 4) is 0 Å². The average molecular weight is 289 g/mol. The molecule has 1 aliphatic rings. The summed E-state index contributed by atoms with van der Waals surface area (Å²) < 4.78 is 14.6. The Kier molecular flexibility index (Phi) is 3.55. The van der Waals surface area contributed by atoms with E-state index in [0.29, 0.717) is 12.2 Å². The molecule has 0 spiro atoms. The van der Waals surface area contributed by atoms with Gasteiger partial charge in [0.2, 0.25) is 5.95 Å². The van der Waals surface area contributed by atoms with Crippen molar-refractivity contribution in [3.05, 3.63) is 42.7 Å². The van der Waals surface area contributed by atoms with Gasteiger partial charge in [-0.25, -0.2) is 9.78 Å². The van der Waals surface area contributed by atoms with Crippen LogP contribution in [0.3, 0.4) is 0 Å². The van der Waals surface area contributed by atoms with Crippen LogP contribution >= 0.6 is 0 Å². The van der Waals surface area contributed by atoms with Gasteiger partial charge in [-0.3, -0.25) is 4.68 Å². The molecule has 2 aromatic rings. The number of halogens is 1. The molecule has 0 atom stereocenters. The van der Waals surface area contributed by atoms with E-state index in [9.17, 15) is 9.18 Å². The third-order valence-electron chi connectivity index (χ3n) is 3.62. The molecule has 6 nitrogen and oxygen atoms in total. The van der Waals surface area contributed by atoms with Gasteiger partial charge in [0.15, 0.2) is 0 Å². The van der Waals surface area contributed by atoms with Gasteiger partial charge >= 0.3 is 6.03 Å². The lowest BCUT2D eigenvalue weighted by Crippen LogP contribution is -2.35. The summed E-state index contributed by atoms with van der Waals surface area (Å²) in [5, 5.41) is 9.66. The Morgan fingerprint density at radius 1 is 1.43 bits per heavy atom. The number of rotatable bonds is 5. The van der Waals surface area contributed by atoms with Crippen LogP contribution in [0.15, 0.2) is 36.8 Å². The Morgan fingerprint density at radius 2 is 2.29 bits per heavy atom. The number of amides is 2. The second kappa shape index (κ2) is 5.51. The number of hydrogen-bond donors (Lipinski definition) is 2. The first-order chi connectivity index (χ1) is 10.2. The minimum atomic E-state index is -0.572. The van der Waals surface area contributed by atoms with E-state index in [1.165, 1.54) is 18.3 Å². The third kappa shape index (κ3) is 3.56. The molecule has 0 bridgehead atoms. The topological polar surface area (TPSA) is 71.8 Å². The Bertz CT molecular complexity index is 607. The van der Waals surface area contributed by atoms with Crippen LogP contribution in [0.25, 0.3) is 0 Å². The van der Waals surface area contributed by atoms with Crippen LogP contribution in [0, 0.1) is 11.4 Å². The van der Waals surface area contributed by atoms with E-state index < -0.39 is 5.95 Å². The number of pyridine rings is 1. The van der Waals surface area contributed by atoms with E-state index in [4.69, 9.17) is 0 Å². The average Bonchev–Trinajstić information content (AvgIpc) is 3.04. The molecule has 2 aromatic heterocycles. The minimum Gasteiger partial charge on any atom is -0.337 e. The lowest BCUT2D eigenvalue weighted by Gasteiger charge is -2.16. The number of carbonyl (C=O) groups excluding carboxylic acids is 1. The van der Waals surface area contributed by atoms with E-state index in [1.807, 2.05) is 16.9 Å². The van der Waals surface area contributed by atoms with E-state index in [-0.39, 0.29) is 11.4 Å². The molecule has 110 valence electrons. The molecular weight excluding hydrogens is 273 g/mol. The van der Waals surface area contributed by atoms with Crippen molar-refractivity contribution in [2.75, 3.05) is 11.9 Å². The highest BCUT2D eigenvalue weighted by Gasteiger charge is 2.43. The first-order valence-corrected chi connectivity index (χ1v) is 6.79. The van der Waals surface area contributed by atoms with E-state index in [1.54, 1.807) is 6.20 Å². The first kappa shape index (κ1) is 13.5. The maximum atomic E-state index is 12.7. The molecule has 1 saturated carbocycles. The van der Waals surface area contributed by atoms with Gasteiger partial charge in [0.25, 0.3) is 0 Å². The summed E-state index contributed by atoms with van der Waals surface area (Å²) >= 11 is 0. The summed E-state index contributed by atoms with van der Waals surface area (Å²) in [6.07, 6.45) is 7.10. The Morgan fingerprint density at radius 3 is 2.90 bits per heavy atom. The van der Waals surface area contributed by atoms with Crippen molar-refractivity contribution in [2.24, 2.45) is 5.41 Å². The van der Waals surface area contributed by atoms with Gasteiger partial charge in [0.05, 0.1) is 11.9 Å². The quantitative estimate of drug-likeness (QED) is 0.827. The summed E-state index contributed by atoms with van der Waals surface area (Å²) in [6.45, 7) is 1.39. The number of urea groups is 1. The van der Waals surface area contributed by atoms with Crippen LogP contribution in [0.2, 0.25) is 0 Å². The molecule has 0 aliphatic heterocycles. The van der Waals surface area contributed by atoms with Crippen LogP contribution in [0.5, 0.6) is 0 Å². The molecule has 21 heavy (non-hydrogen) atoms. The van der Waals surface area contributed by atoms with Gasteiger partial charge in [0.1, 0.15) is 0 Å². The van der Waals surface area contributed by atoms with Gasteiger partial charge in [-0.05, 0) is 31.0 Å². The van der Waals surface area contributed by atoms with Crippen molar-refractivity contribution in [1.82, 2.24) is 20.1 Å². The molecule has 2 heterocycles. The Labute approximate surface area is 121 Å². The van der Waals surface area contributed by atoms with Gasteiger partial charge in [-0.15, -0.1) is 0 Å². The molecule has 0 aromatic carbocycles. The molecule has 1 aliphatic carbocycles. The standard InChI is InChI=1S/C14H16FN5O/c15-12-3-2-11(8-16-12)19-13(21)17-9-14(4-5-14)10-20-7-1-6-18-20/h1-3,6-8H,4-5,9-10H2,(H2,17,19,21). The van der Waals surface area contributed by atoms with Crippen LogP contribution < -0.4 is 10.6 Å². The molecule has 3 rings (SSSR count). The normalized spacial score (nSPS) is 15.5. The molecule has 0 unspecified atom stereocenters. The molecule has 7 heteroatoms. The highest BCUT2D eigenvalue weighted by molar-refractivity contribution is 5.88. The Balaban J connectivity index is 1.48. The zero-order valence-electron chi connectivity index (χ0n) is 11.4. The summed E-state index contributed by atoms with van der Waals surface area (Å²) in [6, 6.07) is 4.25. The SMILES string of the molecule is O=C(NCC1(Cn2cccn2)CC1)Nc1ccc(F)nc1. The molecule has 1 fully saturated rings. The summed E-state index contributed by atoms with van der Waals surface area (Å²) in [5.74, 6) is -0.572.